The average molecular weight is 316 g/mol. The number of nitrogens with zero attached hydrogens (tertiary/aromatic N) is 2. The van der Waals surface area contributed by atoms with E-state index in [0.29, 0.717) is 0 Å². The highest BCUT2D eigenvalue weighted by atomic mass is 14.7. The summed E-state index contributed by atoms with van der Waals surface area (Å²) in [6.45, 7) is 4.38. The molecule has 0 bridgehead atoms. The molecule has 0 radical (unpaired) electrons. The van der Waals surface area contributed by atoms with Gasteiger partial charge < -0.3 is 0 Å². The fourth-order valence-corrected chi connectivity index (χ4v) is 2.88. The van der Waals surface area contributed by atoms with Crippen LogP contribution in [-0.4, -0.2) is 9.97 Å². The van der Waals surface area contributed by atoms with Crippen LogP contribution in [0.5, 0.6) is 0 Å². The van der Waals surface area contributed by atoms with Crippen molar-refractivity contribution >= 4 is 0 Å². The molecule has 0 spiro atoms. The van der Waals surface area contributed by atoms with Crippen molar-refractivity contribution in [3.63, 3.8) is 0 Å². The predicted molar refractivity (Wildman–Crippen MR) is 101 cm³/mol. The molecule has 122 valence electrons. The van der Waals surface area contributed by atoms with Gasteiger partial charge in [0.25, 0.3) is 0 Å². The predicted octanol–water partition coefficient (Wildman–Crippen LogP) is 5.72. The molecule has 0 aliphatic carbocycles. The molecule has 0 amide bonds. The normalized spacial score (nSPS) is 10.8. The lowest BCUT2D eigenvalue weighted by Gasteiger charge is -2.06. The molecule has 0 saturated carbocycles. The van der Waals surface area contributed by atoms with Gasteiger partial charge in [-0.25, -0.2) is 0 Å². The maximum atomic E-state index is 4.59. The van der Waals surface area contributed by atoms with Crippen molar-refractivity contribution in [3.05, 3.63) is 72.1 Å². The molecule has 0 unspecified atom stereocenters. The minimum absolute atomic E-state index is 1.02. The van der Waals surface area contributed by atoms with Gasteiger partial charge in [-0.1, -0.05) is 63.1 Å². The van der Waals surface area contributed by atoms with Crippen LogP contribution >= 0.6 is 0 Å². The molecular weight excluding hydrogens is 292 g/mol. The standard InChI is InChI=1S/C22H24N2/c1-3-5-17-7-13-21(23-15-17)19-9-11-20(12-10-19)22-14-8-18(6-4-2)16-24-22/h7-16H,3-6H2,1-2H3. The summed E-state index contributed by atoms with van der Waals surface area (Å²) >= 11 is 0. The van der Waals surface area contributed by atoms with Crippen LogP contribution < -0.4 is 0 Å². The van der Waals surface area contributed by atoms with Gasteiger partial charge in [-0.15, -0.1) is 0 Å². The Balaban J connectivity index is 1.77. The van der Waals surface area contributed by atoms with Crippen LogP contribution in [0.25, 0.3) is 22.5 Å². The number of hydrogen-bond acceptors (Lipinski definition) is 2. The van der Waals surface area contributed by atoms with E-state index in [1.54, 1.807) is 0 Å². The van der Waals surface area contributed by atoms with E-state index in [-0.39, 0.29) is 0 Å². The molecule has 0 N–H and O–H groups in total. The number of rotatable bonds is 6. The first-order valence-electron chi connectivity index (χ1n) is 8.81. The summed E-state index contributed by atoms with van der Waals surface area (Å²) < 4.78 is 0. The zero-order chi connectivity index (χ0) is 16.8. The van der Waals surface area contributed by atoms with Gasteiger partial charge in [0.2, 0.25) is 0 Å². The summed E-state index contributed by atoms with van der Waals surface area (Å²) in [4.78, 5) is 9.17. The van der Waals surface area contributed by atoms with Crippen LogP contribution in [0.2, 0.25) is 0 Å². The SMILES string of the molecule is CCCc1ccc(-c2ccc(-c3ccc(CCC)cn3)cc2)nc1. The monoisotopic (exact) mass is 316 g/mol. The second kappa shape index (κ2) is 7.87. The first-order chi connectivity index (χ1) is 11.8. The van der Waals surface area contributed by atoms with Crippen molar-refractivity contribution in [2.24, 2.45) is 0 Å². The van der Waals surface area contributed by atoms with Gasteiger partial charge in [-0.2, -0.15) is 0 Å². The second-order valence-corrected chi connectivity index (χ2v) is 6.18. The molecule has 0 aliphatic rings. The summed E-state index contributed by atoms with van der Waals surface area (Å²) in [7, 11) is 0. The Morgan fingerprint density at radius 2 is 1.00 bits per heavy atom. The molecule has 3 rings (SSSR count). The molecule has 2 aromatic heterocycles. The third kappa shape index (κ3) is 3.88. The average Bonchev–Trinajstić information content (AvgIpc) is 2.64. The zero-order valence-corrected chi connectivity index (χ0v) is 14.5. The van der Waals surface area contributed by atoms with E-state index in [9.17, 15) is 0 Å². The van der Waals surface area contributed by atoms with E-state index in [4.69, 9.17) is 0 Å². The van der Waals surface area contributed by atoms with Gasteiger partial charge in [0, 0.05) is 23.5 Å². The third-order valence-corrected chi connectivity index (χ3v) is 4.20. The van der Waals surface area contributed by atoms with Crippen LogP contribution in [0.1, 0.15) is 37.8 Å². The lowest BCUT2D eigenvalue weighted by Crippen LogP contribution is -1.89. The summed E-state index contributed by atoms with van der Waals surface area (Å²) in [6, 6.07) is 17.1. The van der Waals surface area contributed by atoms with Gasteiger partial charge in [0.15, 0.2) is 0 Å². The lowest BCUT2D eigenvalue weighted by atomic mass is 10.0. The Labute approximate surface area is 144 Å². The largest absolute Gasteiger partial charge is 0.256 e. The summed E-state index contributed by atoms with van der Waals surface area (Å²) in [5.41, 5.74) is 6.93. The first kappa shape index (κ1) is 16.4. The molecule has 1 aromatic carbocycles. The molecule has 0 saturated heterocycles. The van der Waals surface area contributed by atoms with Crippen LogP contribution in [0.15, 0.2) is 60.9 Å². The van der Waals surface area contributed by atoms with Gasteiger partial charge in [-0.3, -0.25) is 9.97 Å². The fraction of sp³-hybridized carbons (Fsp3) is 0.273. The van der Waals surface area contributed by atoms with E-state index >= 15 is 0 Å². The van der Waals surface area contributed by atoms with Crippen LogP contribution in [0.4, 0.5) is 0 Å². The molecule has 2 heterocycles. The topological polar surface area (TPSA) is 25.8 Å². The maximum Gasteiger partial charge on any atom is 0.0702 e. The fourth-order valence-electron chi connectivity index (χ4n) is 2.88. The first-order valence-corrected chi connectivity index (χ1v) is 8.81. The third-order valence-electron chi connectivity index (χ3n) is 4.20. The van der Waals surface area contributed by atoms with Crippen molar-refractivity contribution in [2.75, 3.05) is 0 Å². The van der Waals surface area contributed by atoms with Crippen molar-refractivity contribution in [1.82, 2.24) is 9.97 Å². The smallest absolute Gasteiger partial charge is 0.0702 e. The molecule has 0 fully saturated rings. The van der Waals surface area contributed by atoms with Crippen LogP contribution in [0, 0.1) is 0 Å². The Morgan fingerprint density at radius 1 is 0.583 bits per heavy atom. The van der Waals surface area contributed by atoms with Crippen molar-refractivity contribution < 1.29 is 0 Å². The number of aryl methyl sites for hydroxylation is 2. The molecule has 3 aromatic rings. The summed E-state index contributed by atoms with van der Waals surface area (Å²) in [5, 5.41) is 0. The molecule has 0 atom stereocenters. The van der Waals surface area contributed by atoms with Gasteiger partial charge in [0.1, 0.15) is 0 Å². The molecule has 0 aliphatic heterocycles. The highest BCUT2D eigenvalue weighted by Crippen LogP contribution is 2.23. The number of benzene rings is 1. The van der Waals surface area contributed by atoms with Crippen LogP contribution in [-0.2, 0) is 12.8 Å². The molecule has 24 heavy (non-hydrogen) atoms. The number of pyridine rings is 2. The van der Waals surface area contributed by atoms with E-state index < -0.39 is 0 Å². The minimum Gasteiger partial charge on any atom is -0.256 e. The molecular formula is C22H24N2. The Hall–Kier alpha value is -2.48. The highest BCUT2D eigenvalue weighted by Gasteiger charge is 2.03. The maximum absolute atomic E-state index is 4.59. The van der Waals surface area contributed by atoms with Crippen molar-refractivity contribution in [3.8, 4) is 22.5 Å². The Bertz CT molecular complexity index is 688. The molecule has 2 nitrogen and oxygen atoms in total. The Kier molecular flexibility index (Phi) is 5.37. The zero-order valence-electron chi connectivity index (χ0n) is 14.5. The minimum atomic E-state index is 1.02. The summed E-state index contributed by atoms with van der Waals surface area (Å²) in [6.07, 6.45) is 8.46. The lowest BCUT2D eigenvalue weighted by molar-refractivity contribution is 0.914. The summed E-state index contributed by atoms with van der Waals surface area (Å²) in [5.74, 6) is 0. The number of aromatic nitrogens is 2. The van der Waals surface area contributed by atoms with E-state index in [2.05, 4.69) is 72.3 Å². The van der Waals surface area contributed by atoms with Gasteiger partial charge in [0.05, 0.1) is 11.4 Å². The van der Waals surface area contributed by atoms with Crippen LogP contribution in [0.3, 0.4) is 0 Å². The van der Waals surface area contributed by atoms with Crippen molar-refractivity contribution in [1.29, 1.82) is 0 Å². The quantitative estimate of drug-likeness (QED) is 0.581. The second-order valence-electron chi connectivity index (χ2n) is 6.18. The van der Waals surface area contributed by atoms with E-state index in [1.807, 2.05) is 12.4 Å². The highest BCUT2D eigenvalue weighted by molar-refractivity contribution is 5.66. The van der Waals surface area contributed by atoms with E-state index in [1.165, 1.54) is 11.1 Å². The van der Waals surface area contributed by atoms with Gasteiger partial charge in [-0.05, 0) is 36.1 Å². The number of hydrogen-bond donors (Lipinski definition) is 0. The van der Waals surface area contributed by atoms with E-state index in [0.717, 1.165) is 48.2 Å². The van der Waals surface area contributed by atoms with Gasteiger partial charge >= 0.3 is 0 Å². The van der Waals surface area contributed by atoms with Crippen molar-refractivity contribution in [2.45, 2.75) is 39.5 Å². The molecule has 2 heteroatoms. The Morgan fingerprint density at radius 3 is 1.29 bits per heavy atom.